The molecule has 13 heavy (non-hydrogen) atoms. The van der Waals surface area contributed by atoms with Crippen LogP contribution in [0.2, 0.25) is 0 Å². The van der Waals surface area contributed by atoms with Crippen molar-refractivity contribution < 1.29 is 0 Å². The highest BCUT2D eigenvalue weighted by molar-refractivity contribution is 4.67. The number of unbranched alkanes of at least 4 members (excludes halogenated alkanes) is 1. The van der Waals surface area contributed by atoms with E-state index in [2.05, 4.69) is 13.8 Å². The predicted molar refractivity (Wildman–Crippen MR) is 59.6 cm³/mol. The van der Waals surface area contributed by atoms with Gasteiger partial charge in [-0.25, -0.2) is 0 Å². The molecule has 0 spiro atoms. The van der Waals surface area contributed by atoms with Crippen LogP contribution in [0.1, 0.15) is 58.8 Å². The topological polar surface area (TPSA) is 52.0 Å². The lowest BCUT2D eigenvalue weighted by Crippen LogP contribution is -2.26. The van der Waals surface area contributed by atoms with Gasteiger partial charge >= 0.3 is 0 Å². The van der Waals surface area contributed by atoms with Crippen molar-refractivity contribution in [2.45, 2.75) is 70.9 Å². The first-order chi connectivity index (χ1) is 6.20. The zero-order chi connectivity index (χ0) is 10.1. The molecule has 2 atom stereocenters. The molecule has 0 amide bonds. The molecule has 0 saturated carbocycles. The second-order valence-corrected chi connectivity index (χ2v) is 4.03. The Labute approximate surface area is 83.1 Å². The summed E-state index contributed by atoms with van der Waals surface area (Å²) in [6, 6.07) is 0.750. The fraction of sp³-hybridized carbons (Fsp3) is 1.00. The van der Waals surface area contributed by atoms with E-state index in [1.54, 1.807) is 0 Å². The average molecular weight is 186 g/mol. The SMILES string of the molecule is CCCCC(N)CCC(N)CCC. The molecule has 0 radical (unpaired) electrons. The van der Waals surface area contributed by atoms with E-state index in [0.717, 1.165) is 25.7 Å². The van der Waals surface area contributed by atoms with Crippen molar-refractivity contribution in [3.05, 3.63) is 0 Å². The van der Waals surface area contributed by atoms with Gasteiger partial charge in [0.25, 0.3) is 0 Å². The Morgan fingerprint density at radius 3 is 1.77 bits per heavy atom. The average Bonchev–Trinajstić information content (AvgIpc) is 2.12. The zero-order valence-corrected chi connectivity index (χ0v) is 9.26. The summed E-state index contributed by atoms with van der Waals surface area (Å²) in [5.41, 5.74) is 11.9. The molecule has 0 bridgehead atoms. The van der Waals surface area contributed by atoms with E-state index >= 15 is 0 Å². The third-order valence-corrected chi connectivity index (χ3v) is 2.50. The summed E-state index contributed by atoms with van der Waals surface area (Å²) in [5.74, 6) is 0. The lowest BCUT2D eigenvalue weighted by atomic mass is 10.0. The summed E-state index contributed by atoms with van der Waals surface area (Å²) < 4.78 is 0. The monoisotopic (exact) mass is 186 g/mol. The molecule has 0 aromatic heterocycles. The Balaban J connectivity index is 3.29. The van der Waals surface area contributed by atoms with Crippen molar-refractivity contribution in [3.63, 3.8) is 0 Å². The molecule has 0 aromatic carbocycles. The van der Waals surface area contributed by atoms with Gasteiger partial charge in [0.2, 0.25) is 0 Å². The van der Waals surface area contributed by atoms with Crippen LogP contribution >= 0.6 is 0 Å². The molecule has 0 saturated heterocycles. The van der Waals surface area contributed by atoms with Crippen LogP contribution in [-0.2, 0) is 0 Å². The fourth-order valence-electron chi connectivity index (χ4n) is 1.55. The van der Waals surface area contributed by atoms with Crippen molar-refractivity contribution in [1.29, 1.82) is 0 Å². The van der Waals surface area contributed by atoms with Gasteiger partial charge in [0.1, 0.15) is 0 Å². The van der Waals surface area contributed by atoms with Crippen molar-refractivity contribution in [1.82, 2.24) is 0 Å². The molecule has 0 aromatic rings. The van der Waals surface area contributed by atoms with E-state index in [9.17, 15) is 0 Å². The number of hydrogen-bond acceptors (Lipinski definition) is 2. The summed E-state index contributed by atoms with van der Waals surface area (Å²) in [7, 11) is 0. The molecule has 0 aliphatic rings. The highest BCUT2D eigenvalue weighted by Crippen LogP contribution is 2.08. The van der Waals surface area contributed by atoms with Crippen LogP contribution in [0, 0.1) is 0 Å². The third kappa shape index (κ3) is 8.26. The van der Waals surface area contributed by atoms with Gasteiger partial charge in [-0.1, -0.05) is 33.1 Å². The van der Waals surface area contributed by atoms with Crippen LogP contribution < -0.4 is 11.5 Å². The molecule has 0 heterocycles. The van der Waals surface area contributed by atoms with E-state index < -0.39 is 0 Å². The number of rotatable bonds is 8. The fourth-order valence-corrected chi connectivity index (χ4v) is 1.55. The lowest BCUT2D eigenvalue weighted by molar-refractivity contribution is 0.468. The molecular formula is C11H26N2. The molecule has 2 heteroatoms. The smallest absolute Gasteiger partial charge is 0.00394 e. The normalized spacial score (nSPS) is 15.7. The second kappa shape index (κ2) is 8.52. The minimum atomic E-state index is 0.373. The van der Waals surface area contributed by atoms with Crippen LogP contribution in [0.15, 0.2) is 0 Å². The second-order valence-electron chi connectivity index (χ2n) is 4.03. The predicted octanol–water partition coefficient (Wildman–Crippen LogP) is 2.41. The van der Waals surface area contributed by atoms with Crippen LogP contribution in [0.3, 0.4) is 0 Å². The van der Waals surface area contributed by atoms with E-state index in [4.69, 9.17) is 11.5 Å². The minimum absolute atomic E-state index is 0.373. The first-order valence-electron chi connectivity index (χ1n) is 5.71. The van der Waals surface area contributed by atoms with Crippen molar-refractivity contribution in [3.8, 4) is 0 Å². The summed E-state index contributed by atoms with van der Waals surface area (Å²) in [4.78, 5) is 0. The van der Waals surface area contributed by atoms with Gasteiger partial charge < -0.3 is 11.5 Å². The lowest BCUT2D eigenvalue weighted by Gasteiger charge is -2.14. The Morgan fingerprint density at radius 1 is 0.769 bits per heavy atom. The maximum absolute atomic E-state index is 5.95. The van der Waals surface area contributed by atoms with Gasteiger partial charge in [-0.3, -0.25) is 0 Å². The Kier molecular flexibility index (Phi) is 8.46. The molecular weight excluding hydrogens is 160 g/mol. The van der Waals surface area contributed by atoms with Crippen molar-refractivity contribution in [2.75, 3.05) is 0 Å². The van der Waals surface area contributed by atoms with Crippen molar-refractivity contribution in [2.24, 2.45) is 11.5 Å². The highest BCUT2D eigenvalue weighted by Gasteiger charge is 2.05. The number of hydrogen-bond donors (Lipinski definition) is 2. The molecule has 2 unspecified atom stereocenters. The molecule has 4 N–H and O–H groups in total. The quantitative estimate of drug-likeness (QED) is 0.611. The minimum Gasteiger partial charge on any atom is -0.328 e. The van der Waals surface area contributed by atoms with Gasteiger partial charge in [0.05, 0.1) is 0 Å². The Bertz CT molecular complexity index is 104. The van der Waals surface area contributed by atoms with E-state index in [-0.39, 0.29) is 0 Å². The molecule has 0 rings (SSSR count). The molecule has 0 aliphatic carbocycles. The first kappa shape index (κ1) is 12.9. The highest BCUT2D eigenvalue weighted by atomic mass is 14.7. The van der Waals surface area contributed by atoms with Crippen LogP contribution in [0.25, 0.3) is 0 Å². The van der Waals surface area contributed by atoms with E-state index in [1.807, 2.05) is 0 Å². The standard InChI is InChI=1S/C11H26N2/c1-3-5-7-11(13)9-8-10(12)6-4-2/h10-11H,3-9,12-13H2,1-2H3. The first-order valence-corrected chi connectivity index (χ1v) is 5.71. The maximum atomic E-state index is 5.95. The molecule has 80 valence electrons. The van der Waals surface area contributed by atoms with Gasteiger partial charge in [0, 0.05) is 12.1 Å². The molecule has 0 aliphatic heterocycles. The molecule has 2 nitrogen and oxygen atoms in total. The summed E-state index contributed by atoms with van der Waals surface area (Å²) in [6.45, 7) is 4.38. The van der Waals surface area contributed by atoms with Gasteiger partial charge in [-0.05, 0) is 25.7 Å². The zero-order valence-electron chi connectivity index (χ0n) is 9.26. The van der Waals surface area contributed by atoms with Crippen LogP contribution in [0.5, 0.6) is 0 Å². The maximum Gasteiger partial charge on any atom is 0.00394 e. The summed E-state index contributed by atoms with van der Waals surface area (Å²) >= 11 is 0. The van der Waals surface area contributed by atoms with E-state index in [0.29, 0.717) is 12.1 Å². The summed E-state index contributed by atoms with van der Waals surface area (Å²) in [6.07, 6.45) is 8.18. The summed E-state index contributed by atoms with van der Waals surface area (Å²) in [5, 5.41) is 0. The van der Waals surface area contributed by atoms with Crippen LogP contribution in [-0.4, -0.2) is 12.1 Å². The molecule has 0 fully saturated rings. The number of nitrogens with two attached hydrogens (primary N) is 2. The van der Waals surface area contributed by atoms with Gasteiger partial charge in [0.15, 0.2) is 0 Å². The Morgan fingerprint density at radius 2 is 1.31 bits per heavy atom. The Hall–Kier alpha value is -0.0800. The third-order valence-electron chi connectivity index (χ3n) is 2.50. The van der Waals surface area contributed by atoms with Gasteiger partial charge in [-0.15, -0.1) is 0 Å². The largest absolute Gasteiger partial charge is 0.328 e. The van der Waals surface area contributed by atoms with Crippen molar-refractivity contribution >= 4 is 0 Å². The van der Waals surface area contributed by atoms with Crippen LogP contribution in [0.4, 0.5) is 0 Å². The van der Waals surface area contributed by atoms with E-state index in [1.165, 1.54) is 19.3 Å². The van der Waals surface area contributed by atoms with Gasteiger partial charge in [-0.2, -0.15) is 0 Å².